The van der Waals surface area contributed by atoms with Gasteiger partial charge in [-0.25, -0.2) is 0 Å². The zero-order valence-corrected chi connectivity index (χ0v) is 16.8. The molecule has 0 atom stereocenters. The van der Waals surface area contributed by atoms with E-state index in [9.17, 15) is 9.59 Å². The van der Waals surface area contributed by atoms with Gasteiger partial charge in [-0.15, -0.1) is 0 Å². The number of esters is 1. The van der Waals surface area contributed by atoms with Crippen LogP contribution in [-0.4, -0.2) is 46.6 Å². The van der Waals surface area contributed by atoms with Gasteiger partial charge in [-0.2, -0.15) is 4.98 Å². The number of carbonyl (C=O) groups excluding carboxylic acids is 2. The largest absolute Gasteiger partial charge is 0.466 e. The van der Waals surface area contributed by atoms with Crippen molar-refractivity contribution in [2.24, 2.45) is 0 Å². The second-order valence-electron chi connectivity index (χ2n) is 6.42. The molecule has 27 heavy (non-hydrogen) atoms. The number of piperidine rings is 1. The Balaban J connectivity index is 1.51. The lowest BCUT2D eigenvalue weighted by molar-refractivity contribution is -0.145. The number of likely N-dealkylation sites (tertiary alicyclic amines) is 1. The van der Waals surface area contributed by atoms with E-state index in [2.05, 4.69) is 26.1 Å². The van der Waals surface area contributed by atoms with Crippen molar-refractivity contribution in [3.63, 3.8) is 0 Å². The average molecular weight is 436 g/mol. The van der Waals surface area contributed by atoms with E-state index in [1.165, 1.54) is 0 Å². The first kappa shape index (κ1) is 19.5. The summed E-state index contributed by atoms with van der Waals surface area (Å²) >= 11 is 3.41. The van der Waals surface area contributed by atoms with Crippen molar-refractivity contribution in [3.8, 4) is 11.4 Å². The number of halogens is 1. The van der Waals surface area contributed by atoms with Gasteiger partial charge in [0.05, 0.1) is 13.0 Å². The summed E-state index contributed by atoms with van der Waals surface area (Å²) in [6.45, 7) is 3.35. The fourth-order valence-electron chi connectivity index (χ4n) is 3.09. The summed E-state index contributed by atoms with van der Waals surface area (Å²) in [6.07, 6.45) is 1.87. The van der Waals surface area contributed by atoms with E-state index in [-0.39, 0.29) is 30.6 Å². The van der Waals surface area contributed by atoms with Crippen LogP contribution in [0.1, 0.15) is 44.4 Å². The highest BCUT2D eigenvalue weighted by atomic mass is 79.9. The summed E-state index contributed by atoms with van der Waals surface area (Å²) in [7, 11) is 0. The van der Waals surface area contributed by atoms with Gasteiger partial charge in [0.15, 0.2) is 0 Å². The lowest BCUT2D eigenvalue weighted by Gasteiger charge is -2.30. The number of benzene rings is 1. The molecular weight excluding hydrogens is 414 g/mol. The molecule has 1 fully saturated rings. The summed E-state index contributed by atoms with van der Waals surface area (Å²) in [5, 5.41) is 4.08. The molecule has 0 bridgehead atoms. The highest BCUT2D eigenvalue weighted by Gasteiger charge is 2.27. The molecule has 1 aliphatic heterocycles. The molecule has 1 aromatic heterocycles. The second kappa shape index (κ2) is 9.12. The quantitative estimate of drug-likeness (QED) is 0.644. The molecule has 0 saturated carbocycles. The highest BCUT2D eigenvalue weighted by molar-refractivity contribution is 9.10. The van der Waals surface area contributed by atoms with Crippen LogP contribution in [0.4, 0.5) is 0 Å². The van der Waals surface area contributed by atoms with E-state index in [1.807, 2.05) is 24.3 Å². The maximum Gasteiger partial charge on any atom is 0.306 e. The topological polar surface area (TPSA) is 85.5 Å². The van der Waals surface area contributed by atoms with Crippen LogP contribution >= 0.6 is 15.9 Å². The SMILES string of the molecule is CCOC(=O)CCC(=O)N1CCC(c2nc(-c3ccc(Br)cc3)no2)CC1. The normalized spacial score (nSPS) is 15.0. The summed E-state index contributed by atoms with van der Waals surface area (Å²) in [4.78, 5) is 29.9. The lowest BCUT2D eigenvalue weighted by Crippen LogP contribution is -2.38. The molecule has 8 heteroatoms. The molecule has 0 N–H and O–H groups in total. The van der Waals surface area contributed by atoms with Gasteiger partial charge in [-0.1, -0.05) is 21.1 Å². The van der Waals surface area contributed by atoms with E-state index >= 15 is 0 Å². The molecule has 1 aromatic carbocycles. The molecule has 0 spiro atoms. The Morgan fingerprint density at radius 2 is 1.93 bits per heavy atom. The first-order valence-corrected chi connectivity index (χ1v) is 9.89. The van der Waals surface area contributed by atoms with Crippen LogP contribution < -0.4 is 0 Å². The van der Waals surface area contributed by atoms with E-state index < -0.39 is 0 Å². The van der Waals surface area contributed by atoms with Gasteiger partial charge in [0.25, 0.3) is 0 Å². The minimum Gasteiger partial charge on any atom is -0.466 e. The summed E-state index contributed by atoms with van der Waals surface area (Å²) < 4.78 is 11.3. The predicted molar refractivity (Wildman–Crippen MR) is 102 cm³/mol. The number of carbonyl (C=O) groups is 2. The first-order chi connectivity index (χ1) is 13.1. The van der Waals surface area contributed by atoms with Crippen molar-refractivity contribution in [1.82, 2.24) is 15.0 Å². The van der Waals surface area contributed by atoms with Crippen LogP contribution in [0.5, 0.6) is 0 Å². The summed E-state index contributed by atoms with van der Waals surface area (Å²) in [5.41, 5.74) is 0.903. The number of ether oxygens (including phenoxy) is 1. The zero-order chi connectivity index (χ0) is 19.2. The van der Waals surface area contributed by atoms with Crippen molar-refractivity contribution in [1.29, 1.82) is 0 Å². The molecule has 1 amide bonds. The Kier molecular flexibility index (Phi) is 6.60. The van der Waals surface area contributed by atoms with E-state index in [4.69, 9.17) is 9.26 Å². The van der Waals surface area contributed by atoms with Crippen molar-refractivity contribution >= 4 is 27.8 Å². The summed E-state index contributed by atoms with van der Waals surface area (Å²) in [5.74, 6) is 1.00. The fraction of sp³-hybridized carbons (Fsp3) is 0.474. The second-order valence-corrected chi connectivity index (χ2v) is 7.34. The van der Waals surface area contributed by atoms with Crippen LogP contribution in [0.2, 0.25) is 0 Å². The van der Waals surface area contributed by atoms with Crippen LogP contribution in [0.15, 0.2) is 33.3 Å². The molecule has 2 aromatic rings. The average Bonchev–Trinajstić information content (AvgIpc) is 3.17. The van der Waals surface area contributed by atoms with Crippen LogP contribution in [0.3, 0.4) is 0 Å². The predicted octanol–water partition coefficient (Wildman–Crippen LogP) is 3.55. The highest BCUT2D eigenvalue weighted by Crippen LogP contribution is 2.29. The van der Waals surface area contributed by atoms with Crippen LogP contribution in [0.25, 0.3) is 11.4 Å². The Bertz CT molecular complexity index is 783. The standard InChI is InChI=1S/C19H22BrN3O4/c1-2-26-17(25)8-7-16(24)23-11-9-14(10-12-23)19-21-18(22-27-19)13-3-5-15(20)6-4-13/h3-6,14H,2,7-12H2,1H3. The molecule has 0 radical (unpaired) electrons. The minimum absolute atomic E-state index is 0.0115. The molecule has 144 valence electrons. The van der Waals surface area contributed by atoms with Gasteiger partial charge < -0.3 is 14.2 Å². The van der Waals surface area contributed by atoms with Crippen LogP contribution in [-0.2, 0) is 14.3 Å². The van der Waals surface area contributed by atoms with Crippen molar-refractivity contribution < 1.29 is 18.8 Å². The molecule has 2 heterocycles. The molecule has 7 nitrogen and oxygen atoms in total. The lowest BCUT2D eigenvalue weighted by atomic mass is 9.96. The number of rotatable bonds is 6. The van der Waals surface area contributed by atoms with Gasteiger partial charge in [0, 0.05) is 35.5 Å². The molecule has 3 rings (SSSR count). The maximum atomic E-state index is 12.2. The minimum atomic E-state index is -0.327. The molecule has 1 aliphatic rings. The van der Waals surface area contributed by atoms with Gasteiger partial charge in [0.1, 0.15) is 0 Å². The van der Waals surface area contributed by atoms with Crippen molar-refractivity contribution in [2.45, 2.75) is 38.5 Å². The fourth-order valence-corrected chi connectivity index (χ4v) is 3.36. The van der Waals surface area contributed by atoms with E-state index in [0.29, 0.717) is 31.4 Å². The number of amides is 1. The molecule has 0 unspecified atom stereocenters. The first-order valence-electron chi connectivity index (χ1n) is 9.09. The third-order valence-corrected chi connectivity index (χ3v) is 5.12. The zero-order valence-electron chi connectivity index (χ0n) is 15.2. The maximum absolute atomic E-state index is 12.2. The van der Waals surface area contributed by atoms with Gasteiger partial charge in [-0.3, -0.25) is 9.59 Å². The number of hydrogen-bond donors (Lipinski definition) is 0. The van der Waals surface area contributed by atoms with Gasteiger partial charge >= 0.3 is 5.97 Å². The van der Waals surface area contributed by atoms with Gasteiger partial charge in [0.2, 0.25) is 17.6 Å². The number of hydrogen-bond acceptors (Lipinski definition) is 6. The van der Waals surface area contributed by atoms with Crippen molar-refractivity contribution in [3.05, 3.63) is 34.6 Å². The number of nitrogens with zero attached hydrogens (tertiary/aromatic N) is 3. The third-order valence-electron chi connectivity index (χ3n) is 4.59. The Labute approximate surface area is 166 Å². The third kappa shape index (κ3) is 5.15. The van der Waals surface area contributed by atoms with Crippen LogP contribution in [0, 0.1) is 0 Å². The van der Waals surface area contributed by atoms with E-state index in [1.54, 1.807) is 11.8 Å². The smallest absolute Gasteiger partial charge is 0.306 e. The molecular formula is C19H22BrN3O4. The summed E-state index contributed by atoms with van der Waals surface area (Å²) in [6, 6.07) is 7.74. The Morgan fingerprint density at radius 3 is 2.59 bits per heavy atom. The number of aromatic nitrogens is 2. The molecule has 0 aliphatic carbocycles. The van der Waals surface area contributed by atoms with E-state index in [0.717, 1.165) is 22.9 Å². The Hall–Kier alpha value is -2.22. The monoisotopic (exact) mass is 435 g/mol. The van der Waals surface area contributed by atoms with Gasteiger partial charge in [-0.05, 0) is 44.0 Å². The molecule has 1 saturated heterocycles. The Morgan fingerprint density at radius 1 is 1.22 bits per heavy atom. The van der Waals surface area contributed by atoms with Crippen molar-refractivity contribution in [2.75, 3.05) is 19.7 Å².